The van der Waals surface area contributed by atoms with Crippen LogP contribution in [0.3, 0.4) is 0 Å². The van der Waals surface area contributed by atoms with Crippen LogP contribution in [0.2, 0.25) is 0 Å². The molecule has 1 atom stereocenters. The van der Waals surface area contributed by atoms with Gasteiger partial charge in [0.15, 0.2) is 0 Å². The summed E-state index contributed by atoms with van der Waals surface area (Å²) in [5.41, 5.74) is -4.77. The molecule has 0 spiro atoms. The third-order valence-electron chi connectivity index (χ3n) is 1.89. The number of rotatable bonds is 1. The zero-order valence-corrected chi connectivity index (χ0v) is 9.10. The Kier molecular flexibility index (Phi) is 3.08. The third kappa shape index (κ3) is 1.99. The molecule has 0 radical (unpaired) electrons. The molecular weight excluding hydrogens is 227 g/mol. The molecule has 0 fully saturated rings. The SMILES string of the molecule is C[N+](C)=[S@@](=O)(c1ccccc1)C(F)(F)F. The molecule has 84 valence electrons. The Morgan fingerprint density at radius 1 is 1.13 bits per heavy atom. The summed E-state index contributed by atoms with van der Waals surface area (Å²) in [6, 6.07) is 6.88. The quantitative estimate of drug-likeness (QED) is 0.687. The summed E-state index contributed by atoms with van der Waals surface area (Å²) in [6.07, 6.45) is 0. The van der Waals surface area contributed by atoms with E-state index in [0.29, 0.717) is 3.95 Å². The van der Waals surface area contributed by atoms with Crippen molar-refractivity contribution in [1.82, 2.24) is 0 Å². The summed E-state index contributed by atoms with van der Waals surface area (Å²) >= 11 is 0. The second-order valence-electron chi connectivity index (χ2n) is 3.10. The molecule has 0 bridgehead atoms. The average molecular weight is 238 g/mol. The Morgan fingerprint density at radius 2 is 1.60 bits per heavy atom. The van der Waals surface area contributed by atoms with Crippen LogP contribution < -0.4 is 0 Å². The fourth-order valence-electron chi connectivity index (χ4n) is 1.16. The monoisotopic (exact) mass is 238 g/mol. The fourth-order valence-corrected chi connectivity index (χ4v) is 2.79. The van der Waals surface area contributed by atoms with E-state index in [0.717, 1.165) is 14.1 Å². The minimum atomic E-state index is -4.77. The van der Waals surface area contributed by atoms with E-state index in [2.05, 4.69) is 0 Å². The minimum absolute atomic E-state index is 0.220. The molecule has 0 N–H and O–H groups in total. The molecule has 1 aromatic rings. The molecule has 0 aliphatic heterocycles. The molecule has 0 amide bonds. The maximum Gasteiger partial charge on any atom is 0.520 e. The third-order valence-corrected chi connectivity index (χ3v) is 4.46. The van der Waals surface area contributed by atoms with Crippen LogP contribution in [0.25, 0.3) is 0 Å². The van der Waals surface area contributed by atoms with Crippen LogP contribution in [-0.2, 0) is 9.73 Å². The van der Waals surface area contributed by atoms with Crippen molar-refractivity contribution in [3.05, 3.63) is 30.3 Å². The van der Waals surface area contributed by atoms with E-state index < -0.39 is 15.2 Å². The summed E-state index contributed by atoms with van der Waals surface area (Å²) in [7, 11) is -1.86. The lowest BCUT2D eigenvalue weighted by Crippen LogP contribution is -2.30. The van der Waals surface area contributed by atoms with E-state index in [9.17, 15) is 17.4 Å². The van der Waals surface area contributed by atoms with Crippen LogP contribution >= 0.6 is 0 Å². The Bertz CT molecular complexity index is 454. The maximum atomic E-state index is 12.7. The van der Waals surface area contributed by atoms with Gasteiger partial charge in [0.2, 0.25) is 0 Å². The van der Waals surface area contributed by atoms with Crippen LogP contribution in [0.4, 0.5) is 13.2 Å². The van der Waals surface area contributed by atoms with Gasteiger partial charge in [-0.2, -0.15) is 21.3 Å². The summed E-state index contributed by atoms with van der Waals surface area (Å²) in [5, 5.41) is 0. The first-order valence-electron chi connectivity index (χ1n) is 4.13. The molecule has 15 heavy (non-hydrogen) atoms. The first-order valence-corrected chi connectivity index (χ1v) is 5.64. The highest BCUT2D eigenvalue weighted by Gasteiger charge is 2.50. The Labute approximate surface area is 86.5 Å². The smallest absolute Gasteiger partial charge is 0.191 e. The second-order valence-corrected chi connectivity index (χ2v) is 5.81. The van der Waals surface area contributed by atoms with Gasteiger partial charge in [0.1, 0.15) is 14.1 Å². The summed E-state index contributed by atoms with van der Waals surface area (Å²) < 4.78 is 50.8. The highest BCUT2D eigenvalue weighted by atomic mass is 32.2. The zero-order chi connectivity index (χ0) is 11.7. The van der Waals surface area contributed by atoms with Gasteiger partial charge < -0.3 is 0 Å². The maximum absolute atomic E-state index is 12.7. The molecule has 6 heteroatoms. The van der Waals surface area contributed by atoms with Crippen molar-refractivity contribution in [2.75, 3.05) is 14.1 Å². The molecular formula is C9H11F3NOS+. The van der Waals surface area contributed by atoms with Gasteiger partial charge >= 0.3 is 5.51 Å². The van der Waals surface area contributed by atoms with Crippen molar-refractivity contribution in [3.8, 4) is 0 Å². The van der Waals surface area contributed by atoms with Gasteiger partial charge in [-0.1, -0.05) is 18.2 Å². The van der Waals surface area contributed by atoms with E-state index >= 15 is 0 Å². The number of nitrogens with zero attached hydrogens (tertiary/aromatic N) is 1. The van der Waals surface area contributed by atoms with Crippen molar-refractivity contribution in [2.24, 2.45) is 0 Å². The van der Waals surface area contributed by atoms with Crippen molar-refractivity contribution >= 4 is 9.73 Å². The summed E-state index contributed by atoms with van der Waals surface area (Å²) in [5.74, 6) is 0. The predicted octanol–water partition coefficient (Wildman–Crippen LogP) is 2.31. The topological polar surface area (TPSA) is 20.1 Å². The predicted molar refractivity (Wildman–Crippen MR) is 51.0 cm³/mol. The molecule has 0 aliphatic rings. The van der Waals surface area contributed by atoms with Crippen LogP contribution in [0, 0.1) is 0 Å². The minimum Gasteiger partial charge on any atom is -0.191 e. The molecule has 1 rings (SSSR count). The molecule has 0 heterocycles. The largest absolute Gasteiger partial charge is 0.520 e. The summed E-state index contributed by atoms with van der Waals surface area (Å²) in [4.78, 5) is -0.220. The van der Waals surface area contributed by atoms with E-state index in [1.54, 1.807) is 6.07 Å². The van der Waals surface area contributed by atoms with Crippen molar-refractivity contribution < 1.29 is 21.3 Å². The number of alkyl halides is 3. The van der Waals surface area contributed by atoms with Crippen LogP contribution in [0.5, 0.6) is 0 Å². The van der Waals surface area contributed by atoms with Crippen molar-refractivity contribution in [1.29, 1.82) is 0 Å². The Morgan fingerprint density at radius 3 is 1.93 bits per heavy atom. The molecule has 0 unspecified atom stereocenters. The van der Waals surface area contributed by atoms with Crippen LogP contribution in [0.1, 0.15) is 0 Å². The van der Waals surface area contributed by atoms with Gasteiger partial charge in [0.05, 0.1) is 4.90 Å². The van der Waals surface area contributed by atoms with E-state index in [-0.39, 0.29) is 4.90 Å². The standard InChI is InChI=1S/C9H11F3NOS/c1-13(2)15(14,9(10,11)12)8-6-4-3-5-7-8/h3-7H,1-2H3/q+1/t15-/m1/s1. The summed E-state index contributed by atoms with van der Waals surface area (Å²) in [6.45, 7) is 0. The molecule has 0 aromatic heterocycles. The number of hydrogen-bond acceptors (Lipinski definition) is 1. The number of halogens is 3. The van der Waals surface area contributed by atoms with E-state index in [1.165, 1.54) is 24.3 Å². The van der Waals surface area contributed by atoms with Crippen molar-refractivity contribution in [2.45, 2.75) is 10.4 Å². The first-order chi connectivity index (χ1) is 6.80. The number of hydrogen-bond donors (Lipinski definition) is 0. The molecule has 0 saturated heterocycles. The fraction of sp³-hybridized carbons (Fsp3) is 0.333. The lowest BCUT2D eigenvalue weighted by Gasteiger charge is -2.11. The van der Waals surface area contributed by atoms with Gasteiger partial charge in [0.25, 0.3) is 9.73 Å². The molecule has 0 saturated carbocycles. The zero-order valence-electron chi connectivity index (χ0n) is 8.28. The lowest BCUT2D eigenvalue weighted by molar-refractivity contribution is -0.445. The normalized spacial score (nSPS) is 15.8. The Hall–Kier alpha value is -1.04. The van der Waals surface area contributed by atoms with E-state index in [4.69, 9.17) is 0 Å². The van der Waals surface area contributed by atoms with Gasteiger partial charge in [-0.3, -0.25) is 0 Å². The molecule has 1 aromatic carbocycles. The van der Waals surface area contributed by atoms with Crippen molar-refractivity contribution in [3.63, 3.8) is 0 Å². The highest BCUT2D eigenvalue weighted by molar-refractivity contribution is 7.92. The van der Waals surface area contributed by atoms with Gasteiger partial charge in [-0.25, -0.2) is 0 Å². The van der Waals surface area contributed by atoms with Crippen LogP contribution in [0.15, 0.2) is 35.2 Å². The molecule has 0 aliphatic carbocycles. The Balaban J connectivity index is 3.57. The first kappa shape index (κ1) is 12.0. The van der Waals surface area contributed by atoms with Gasteiger partial charge in [-0.15, -0.1) is 0 Å². The lowest BCUT2D eigenvalue weighted by atomic mass is 10.4. The van der Waals surface area contributed by atoms with E-state index in [1.807, 2.05) is 0 Å². The average Bonchev–Trinajstić information content (AvgIpc) is 2.16. The second kappa shape index (κ2) is 3.84. The highest BCUT2D eigenvalue weighted by Crippen LogP contribution is 2.31. The van der Waals surface area contributed by atoms with Gasteiger partial charge in [0, 0.05) is 0 Å². The van der Waals surface area contributed by atoms with Gasteiger partial charge in [-0.05, 0) is 12.1 Å². The molecule has 2 nitrogen and oxygen atoms in total. The number of benzene rings is 1. The van der Waals surface area contributed by atoms with Crippen LogP contribution in [-0.4, -0.2) is 27.8 Å².